The Morgan fingerprint density at radius 3 is 0.833 bits per heavy atom. The predicted molar refractivity (Wildman–Crippen MR) is 188 cm³/mol. The summed E-state index contributed by atoms with van der Waals surface area (Å²) in [7, 11) is 0. The van der Waals surface area contributed by atoms with Crippen molar-refractivity contribution in [3.8, 4) is 0 Å². The van der Waals surface area contributed by atoms with Crippen LogP contribution >= 0.6 is 34.4 Å². The van der Waals surface area contributed by atoms with Crippen LogP contribution in [-0.2, 0) is 19.5 Å². The molecule has 0 nitrogen and oxygen atoms in total. The van der Waals surface area contributed by atoms with Gasteiger partial charge in [0.2, 0.25) is 0 Å². The largest absolute Gasteiger partial charge is 0 e. The SMILES string of the molecule is ClP(C1CCCC1)(C1CCCC1)(C1CCCC1)C(c1ccccc1)P(Cl)(C1CCCC1)(C1CCCC1)C1CCCC1.[Ru]. The predicted octanol–water partition coefficient (Wildman–Crippen LogP) is 13.8. The van der Waals surface area contributed by atoms with E-state index in [-0.39, 0.29) is 19.5 Å². The fourth-order valence-electron chi connectivity index (χ4n) is 13.4. The molecule has 0 atom stereocenters. The van der Waals surface area contributed by atoms with Gasteiger partial charge in [-0.2, -0.15) is 0 Å². The topological polar surface area (TPSA) is 0 Å². The van der Waals surface area contributed by atoms with Crippen molar-refractivity contribution in [2.45, 2.75) is 193 Å². The molecule has 7 rings (SSSR count). The maximum atomic E-state index is 9.61. The average molecular weight is 739 g/mol. The Hall–Kier alpha value is 1.28. The first-order chi connectivity index (χ1) is 20.0. The molecule has 0 aliphatic heterocycles. The van der Waals surface area contributed by atoms with Crippen molar-refractivity contribution in [2.75, 3.05) is 0 Å². The quantitative estimate of drug-likeness (QED) is 0.175. The molecule has 6 aliphatic rings. The third kappa shape index (κ3) is 4.71. The molecule has 0 heterocycles. The molecule has 1 aromatic carbocycles. The summed E-state index contributed by atoms with van der Waals surface area (Å²) in [5.74, 6) is -5.85. The molecule has 42 heavy (non-hydrogen) atoms. The van der Waals surface area contributed by atoms with Crippen molar-refractivity contribution in [2.24, 2.45) is 0 Å². The van der Waals surface area contributed by atoms with Gasteiger partial charge in [0, 0.05) is 19.5 Å². The summed E-state index contributed by atoms with van der Waals surface area (Å²) >= 11 is 19.2. The number of halogens is 2. The number of benzene rings is 1. The van der Waals surface area contributed by atoms with Gasteiger partial charge in [-0.3, -0.25) is 0 Å². The fourth-order valence-corrected chi connectivity index (χ4v) is 45.4. The Kier molecular flexibility index (Phi) is 10.3. The van der Waals surface area contributed by atoms with E-state index in [2.05, 4.69) is 30.3 Å². The zero-order valence-electron chi connectivity index (χ0n) is 26.4. The van der Waals surface area contributed by atoms with Crippen LogP contribution in [0.25, 0.3) is 0 Å². The molecule has 5 heteroatoms. The van der Waals surface area contributed by atoms with Crippen molar-refractivity contribution in [3.63, 3.8) is 0 Å². The van der Waals surface area contributed by atoms with Gasteiger partial charge in [-0.15, -0.1) is 0 Å². The molecule has 240 valence electrons. The van der Waals surface area contributed by atoms with Crippen molar-refractivity contribution >= 4 is 34.4 Å². The van der Waals surface area contributed by atoms with Crippen molar-refractivity contribution in [1.82, 2.24) is 0 Å². The third-order valence-electron chi connectivity index (χ3n) is 14.7. The zero-order valence-corrected chi connectivity index (χ0v) is 31.4. The Bertz CT molecular complexity index is 876. The van der Waals surface area contributed by atoms with Gasteiger partial charge in [0.1, 0.15) is 0 Å². The van der Waals surface area contributed by atoms with E-state index >= 15 is 0 Å². The van der Waals surface area contributed by atoms with Gasteiger partial charge in [-0.05, 0) is 0 Å². The average Bonchev–Trinajstić information content (AvgIpc) is 3.86. The first-order valence-corrected chi connectivity index (χ1v) is 25.3. The molecule has 6 aliphatic carbocycles. The van der Waals surface area contributed by atoms with Gasteiger partial charge >= 0.3 is 264 Å². The van der Waals surface area contributed by atoms with Gasteiger partial charge in [0.05, 0.1) is 0 Å². The molecule has 0 radical (unpaired) electrons. The molecular weight excluding hydrogens is 678 g/mol. The second-order valence-corrected chi connectivity index (χ2v) is 31.6. The van der Waals surface area contributed by atoms with E-state index in [1.807, 2.05) is 0 Å². The van der Waals surface area contributed by atoms with E-state index in [1.165, 1.54) is 154 Å². The van der Waals surface area contributed by atoms with E-state index in [9.17, 15) is 22.5 Å². The summed E-state index contributed by atoms with van der Waals surface area (Å²) in [6.07, 6.45) is 34.1. The summed E-state index contributed by atoms with van der Waals surface area (Å²) in [6, 6.07) is 12.3. The summed E-state index contributed by atoms with van der Waals surface area (Å²) in [4.78, 5) is 0. The first kappa shape index (κ1) is 33.2. The minimum Gasteiger partial charge on any atom is 0 e. The van der Waals surface area contributed by atoms with Gasteiger partial charge in [-0.25, -0.2) is 0 Å². The van der Waals surface area contributed by atoms with Crippen molar-refractivity contribution in [3.05, 3.63) is 35.9 Å². The summed E-state index contributed by atoms with van der Waals surface area (Å²) < 4.78 is 0. The molecule has 0 unspecified atom stereocenters. The van der Waals surface area contributed by atoms with Crippen LogP contribution < -0.4 is 0 Å². The Morgan fingerprint density at radius 2 is 0.619 bits per heavy atom. The molecule has 0 saturated heterocycles. The normalized spacial score (nSPS) is 29.0. The zero-order chi connectivity index (χ0) is 28.0. The van der Waals surface area contributed by atoms with Gasteiger partial charge in [0.25, 0.3) is 0 Å². The second-order valence-electron chi connectivity index (χ2n) is 16.0. The number of rotatable bonds is 9. The minimum atomic E-state index is -2.93. The van der Waals surface area contributed by atoms with E-state index in [1.54, 1.807) is 5.56 Å². The van der Waals surface area contributed by atoms with E-state index in [0.29, 0.717) is 5.40 Å². The monoisotopic (exact) mass is 738 g/mol. The van der Waals surface area contributed by atoms with Crippen LogP contribution in [0.5, 0.6) is 0 Å². The van der Waals surface area contributed by atoms with Crippen LogP contribution in [-0.4, -0.2) is 34.0 Å². The number of hydrogen-bond donors (Lipinski definition) is 0. The Morgan fingerprint density at radius 1 is 0.405 bits per heavy atom. The van der Waals surface area contributed by atoms with Crippen LogP contribution in [0.15, 0.2) is 30.3 Å². The molecule has 6 fully saturated rings. The Labute approximate surface area is 281 Å². The minimum absolute atomic E-state index is 0. The van der Waals surface area contributed by atoms with E-state index in [4.69, 9.17) is 0 Å². The molecular formula is C37H60Cl2P2Ru. The van der Waals surface area contributed by atoms with Crippen molar-refractivity contribution < 1.29 is 19.5 Å². The summed E-state index contributed by atoms with van der Waals surface area (Å²) in [6.45, 7) is 0. The van der Waals surface area contributed by atoms with Gasteiger partial charge < -0.3 is 0 Å². The molecule has 0 amide bonds. The standard InChI is InChI=1S/C37H60Cl2P2.Ru/c38-40(31-18-4-5-19-31,32-20-6-7-21-32,33-22-8-9-23-33)37(30-16-2-1-3-17-30)41(39,34-24-10-11-25-34,35-26-12-13-27-35)36-28-14-15-29-36;/h1-3,16-17,31-37H,4-15,18-29H2;. The van der Waals surface area contributed by atoms with Crippen molar-refractivity contribution in [1.29, 1.82) is 0 Å². The maximum Gasteiger partial charge on any atom is 0 e. The van der Waals surface area contributed by atoms with Crippen LogP contribution in [0.4, 0.5) is 0 Å². The van der Waals surface area contributed by atoms with Crippen LogP contribution in [0.1, 0.15) is 165 Å². The van der Waals surface area contributed by atoms with Gasteiger partial charge in [0.15, 0.2) is 0 Å². The summed E-state index contributed by atoms with van der Waals surface area (Å²) in [5.41, 5.74) is 6.27. The summed E-state index contributed by atoms with van der Waals surface area (Å²) in [5, 5.41) is 0.514. The van der Waals surface area contributed by atoms with E-state index in [0.717, 1.165) is 34.0 Å². The maximum absolute atomic E-state index is 9.61. The fraction of sp³-hybridized carbons (Fsp3) is 0.838. The number of hydrogen-bond acceptors (Lipinski definition) is 0. The third-order valence-corrected chi connectivity index (χ3v) is 39.8. The van der Waals surface area contributed by atoms with E-state index < -0.39 is 11.9 Å². The smallest absolute Gasteiger partial charge is 0 e. The molecule has 0 N–H and O–H groups in total. The van der Waals surface area contributed by atoms with Crippen LogP contribution in [0.2, 0.25) is 0 Å². The van der Waals surface area contributed by atoms with Crippen LogP contribution in [0, 0.1) is 0 Å². The molecule has 0 bridgehead atoms. The molecule has 1 aromatic rings. The first-order valence-electron chi connectivity index (χ1n) is 18.5. The van der Waals surface area contributed by atoms with Gasteiger partial charge in [-0.1, -0.05) is 0 Å². The molecule has 0 aromatic heterocycles. The molecule has 0 spiro atoms. The second kappa shape index (κ2) is 13.1. The van der Waals surface area contributed by atoms with Crippen LogP contribution in [0.3, 0.4) is 0 Å². The Balaban J connectivity index is 0.00000316. The molecule has 6 saturated carbocycles.